The molecular formula is C12H14O5S. The summed E-state index contributed by atoms with van der Waals surface area (Å²) in [6.45, 7) is 1.28. The molecule has 0 spiro atoms. The lowest BCUT2D eigenvalue weighted by atomic mass is 10.3. The third kappa shape index (κ3) is 5.58. The van der Waals surface area contributed by atoms with Crippen LogP contribution in [0.5, 0.6) is 5.75 Å². The Balaban J connectivity index is 2.28. The lowest BCUT2D eigenvalue weighted by molar-refractivity contribution is -0.142. The number of hydrogen-bond donors (Lipinski definition) is 0. The summed E-state index contributed by atoms with van der Waals surface area (Å²) in [4.78, 5) is 22.7. The van der Waals surface area contributed by atoms with Gasteiger partial charge in [-0.3, -0.25) is 4.79 Å². The maximum Gasteiger partial charge on any atom is 0.513 e. The van der Waals surface area contributed by atoms with Crippen molar-refractivity contribution in [3.05, 3.63) is 24.3 Å². The molecule has 0 fully saturated rings. The fourth-order valence-corrected chi connectivity index (χ4v) is 1.49. The van der Waals surface area contributed by atoms with Crippen LogP contribution in [-0.2, 0) is 14.3 Å². The molecule has 18 heavy (non-hydrogen) atoms. The van der Waals surface area contributed by atoms with Crippen LogP contribution < -0.4 is 4.74 Å². The Morgan fingerprint density at radius 3 is 2.28 bits per heavy atom. The largest absolute Gasteiger partial charge is 0.513 e. The van der Waals surface area contributed by atoms with Crippen molar-refractivity contribution in [2.45, 2.75) is 11.8 Å². The van der Waals surface area contributed by atoms with E-state index in [2.05, 4.69) is 4.74 Å². The zero-order valence-electron chi connectivity index (χ0n) is 10.2. The van der Waals surface area contributed by atoms with E-state index >= 15 is 0 Å². The molecule has 0 bridgehead atoms. The molecule has 0 aromatic heterocycles. The molecule has 5 nitrogen and oxygen atoms in total. The van der Waals surface area contributed by atoms with Gasteiger partial charge in [-0.15, -0.1) is 11.8 Å². The second-order valence-corrected chi connectivity index (χ2v) is 4.10. The van der Waals surface area contributed by atoms with Gasteiger partial charge in [0, 0.05) is 11.8 Å². The number of hydrogen-bond acceptors (Lipinski definition) is 6. The molecule has 0 saturated heterocycles. The second kappa shape index (κ2) is 7.60. The normalized spacial score (nSPS) is 9.67. The monoisotopic (exact) mass is 270 g/mol. The Morgan fingerprint density at radius 2 is 1.72 bits per heavy atom. The molecule has 1 aromatic rings. The van der Waals surface area contributed by atoms with Gasteiger partial charge in [-0.2, -0.15) is 0 Å². The van der Waals surface area contributed by atoms with Crippen molar-refractivity contribution < 1.29 is 23.8 Å². The summed E-state index contributed by atoms with van der Waals surface area (Å²) in [5.41, 5.74) is 0. The Morgan fingerprint density at radius 1 is 1.11 bits per heavy atom. The summed E-state index contributed by atoms with van der Waals surface area (Å²) in [5.74, 6) is -0.00934. The number of rotatable bonds is 5. The van der Waals surface area contributed by atoms with Gasteiger partial charge in [0.15, 0.2) is 0 Å². The topological polar surface area (TPSA) is 61.8 Å². The summed E-state index contributed by atoms with van der Waals surface area (Å²) < 4.78 is 14.2. The van der Waals surface area contributed by atoms with E-state index in [1.807, 2.05) is 18.4 Å². The first-order valence-electron chi connectivity index (χ1n) is 5.24. The molecule has 1 aromatic carbocycles. The predicted octanol–water partition coefficient (Wildman–Crippen LogP) is 2.49. The predicted molar refractivity (Wildman–Crippen MR) is 66.8 cm³/mol. The highest BCUT2D eigenvalue weighted by molar-refractivity contribution is 7.98. The fourth-order valence-electron chi connectivity index (χ4n) is 1.08. The quantitative estimate of drug-likeness (QED) is 0.354. The molecule has 0 atom stereocenters. The highest BCUT2D eigenvalue weighted by Crippen LogP contribution is 2.19. The Kier molecular flexibility index (Phi) is 6.07. The first-order chi connectivity index (χ1) is 8.61. The van der Waals surface area contributed by atoms with Crippen molar-refractivity contribution in [1.82, 2.24) is 0 Å². The molecule has 1 rings (SSSR count). The lowest BCUT2D eigenvalue weighted by Gasteiger charge is -2.06. The van der Waals surface area contributed by atoms with Crippen LogP contribution in [0.25, 0.3) is 0 Å². The van der Waals surface area contributed by atoms with Gasteiger partial charge < -0.3 is 14.2 Å². The van der Waals surface area contributed by atoms with Crippen LogP contribution in [0.1, 0.15) is 6.92 Å². The van der Waals surface area contributed by atoms with E-state index in [0.717, 1.165) is 4.90 Å². The smallest absolute Gasteiger partial charge is 0.462 e. The van der Waals surface area contributed by atoms with Crippen LogP contribution in [0.15, 0.2) is 29.2 Å². The van der Waals surface area contributed by atoms with Crippen molar-refractivity contribution in [2.75, 3.05) is 19.5 Å². The summed E-state index contributed by atoms with van der Waals surface area (Å²) in [6, 6.07) is 7.04. The summed E-state index contributed by atoms with van der Waals surface area (Å²) >= 11 is 1.60. The molecule has 0 unspecified atom stereocenters. The van der Waals surface area contributed by atoms with Gasteiger partial charge in [-0.1, -0.05) is 0 Å². The van der Waals surface area contributed by atoms with Crippen molar-refractivity contribution in [3.8, 4) is 5.75 Å². The Bertz CT molecular complexity index is 401. The average Bonchev–Trinajstić information content (AvgIpc) is 2.35. The van der Waals surface area contributed by atoms with Gasteiger partial charge in [0.2, 0.25) is 0 Å². The maximum atomic E-state index is 11.2. The van der Waals surface area contributed by atoms with E-state index < -0.39 is 12.1 Å². The molecular weight excluding hydrogens is 256 g/mol. The first kappa shape index (κ1) is 14.4. The Labute approximate surface area is 109 Å². The van der Waals surface area contributed by atoms with Crippen LogP contribution in [0, 0.1) is 0 Å². The van der Waals surface area contributed by atoms with Crippen LogP contribution in [0.3, 0.4) is 0 Å². The highest BCUT2D eigenvalue weighted by atomic mass is 32.2. The zero-order valence-corrected chi connectivity index (χ0v) is 11.0. The highest BCUT2D eigenvalue weighted by Gasteiger charge is 2.06. The van der Waals surface area contributed by atoms with Crippen molar-refractivity contribution in [1.29, 1.82) is 0 Å². The van der Waals surface area contributed by atoms with Gasteiger partial charge in [0.1, 0.15) is 19.0 Å². The summed E-state index contributed by atoms with van der Waals surface area (Å²) in [6.07, 6.45) is 1.14. The first-order valence-corrected chi connectivity index (χ1v) is 6.46. The standard InChI is InChI=1S/C12H14O5S/c1-9(13)15-7-8-16-12(14)17-10-3-5-11(18-2)6-4-10/h3-6H,7-8H2,1-2H3. The van der Waals surface area contributed by atoms with Gasteiger partial charge in [-0.25, -0.2) is 4.79 Å². The third-order valence-electron chi connectivity index (χ3n) is 1.87. The van der Waals surface area contributed by atoms with Gasteiger partial charge in [-0.05, 0) is 30.5 Å². The number of ether oxygens (including phenoxy) is 3. The molecule has 0 heterocycles. The van der Waals surface area contributed by atoms with E-state index in [-0.39, 0.29) is 13.2 Å². The molecule has 0 aliphatic carbocycles. The number of esters is 1. The van der Waals surface area contributed by atoms with E-state index in [4.69, 9.17) is 9.47 Å². The summed E-state index contributed by atoms with van der Waals surface area (Å²) in [7, 11) is 0. The molecule has 0 radical (unpaired) electrons. The Hall–Kier alpha value is -1.69. The van der Waals surface area contributed by atoms with Crippen LogP contribution in [0.2, 0.25) is 0 Å². The van der Waals surface area contributed by atoms with Crippen LogP contribution in [-0.4, -0.2) is 31.6 Å². The minimum Gasteiger partial charge on any atom is -0.462 e. The van der Waals surface area contributed by atoms with Gasteiger partial charge in [0.25, 0.3) is 0 Å². The maximum absolute atomic E-state index is 11.2. The zero-order chi connectivity index (χ0) is 13.4. The fraction of sp³-hybridized carbons (Fsp3) is 0.333. The molecule has 6 heteroatoms. The van der Waals surface area contributed by atoms with E-state index in [1.54, 1.807) is 23.9 Å². The number of carbonyl (C=O) groups is 2. The number of thioether (sulfide) groups is 1. The molecule has 0 aliphatic rings. The van der Waals surface area contributed by atoms with Gasteiger partial charge >= 0.3 is 12.1 Å². The van der Waals surface area contributed by atoms with Crippen molar-refractivity contribution in [3.63, 3.8) is 0 Å². The molecule has 0 saturated carbocycles. The molecule has 0 aliphatic heterocycles. The average molecular weight is 270 g/mol. The van der Waals surface area contributed by atoms with Crippen molar-refractivity contribution >= 4 is 23.9 Å². The minimum absolute atomic E-state index is 0.0237. The van der Waals surface area contributed by atoms with E-state index in [1.165, 1.54) is 6.92 Å². The SMILES string of the molecule is CSc1ccc(OC(=O)OCCOC(C)=O)cc1. The van der Waals surface area contributed by atoms with Crippen LogP contribution in [0.4, 0.5) is 4.79 Å². The van der Waals surface area contributed by atoms with Crippen LogP contribution >= 0.6 is 11.8 Å². The van der Waals surface area contributed by atoms with E-state index in [0.29, 0.717) is 5.75 Å². The third-order valence-corrected chi connectivity index (χ3v) is 2.61. The van der Waals surface area contributed by atoms with E-state index in [9.17, 15) is 9.59 Å². The molecule has 0 N–H and O–H groups in total. The number of benzene rings is 1. The van der Waals surface area contributed by atoms with Crippen molar-refractivity contribution in [2.24, 2.45) is 0 Å². The minimum atomic E-state index is -0.820. The second-order valence-electron chi connectivity index (χ2n) is 3.22. The lowest BCUT2D eigenvalue weighted by Crippen LogP contribution is -2.15. The summed E-state index contributed by atoms with van der Waals surface area (Å²) in [5, 5.41) is 0. The molecule has 98 valence electrons. The molecule has 0 amide bonds. The van der Waals surface area contributed by atoms with Gasteiger partial charge in [0.05, 0.1) is 0 Å². The number of carbonyl (C=O) groups excluding carboxylic acids is 2.